The number of nitrogens with one attached hydrogen (secondary N) is 1. The third kappa shape index (κ3) is 3.72. The minimum atomic E-state index is -0.461. The Hall–Kier alpha value is -2.44. The molecule has 2 aromatic rings. The Kier molecular flexibility index (Phi) is 4.78. The Bertz CT molecular complexity index is 732. The van der Waals surface area contributed by atoms with Crippen LogP contribution >= 0.6 is 0 Å². The topological polar surface area (TPSA) is 77.2 Å². The van der Waals surface area contributed by atoms with Crippen molar-refractivity contribution in [3.63, 3.8) is 0 Å². The maximum atomic E-state index is 13.4. The van der Waals surface area contributed by atoms with Gasteiger partial charge in [0.05, 0.1) is 12.7 Å². The highest BCUT2D eigenvalue weighted by Crippen LogP contribution is 2.29. The number of carbonyl (C=O) groups excluding carboxylic acids is 1. The highest BCUT2D eigenvalue weighted by atomic mass is 19.1. The fraction of sp³-hybridized carbons (Fsp3) is 0.471. The number of nitrogens with zero attached hydrogens (tertiary/aromatic N) is 2. The van der Waals surface area contributed by atoms with Gasteiger partial charge in [0.1, 0.15) is 11.6 Å². The molecule has 0 aliphatic heterocycles. The van der Waals surface area contributed by atoms with Crippen LogP contribution in [0.2, 0.25) is 0 Å². The van der Waals surface area contributed by atoms with Gasteiger partial charge in [-0.2, -0.15) is 0 Å². The molecule has 0 radical (unpaired) electrons. The summed E-state index contributed by atoms with van der Waals surface area (Å²) < 4.78 is 23.9. The molecule has 1 aliphatic carbocycles. The van der Waals surface area contributed by atoms with Crippen LogP contribution < -0.4 is 10.1 Å². The Morgan fingerprint density at radius 2 is 2.25 bits per heavy atom. The molecule has 0 spiro atoms. The maximum absolute atomic E-state index is 13.4. The lowest BCUT2D eigenvalue weighted by Gasteiger charge is -2.14. The summed E-state index contributed by atoms with van der Waals surface area (Å²) in [6.45, 7) is 1.76. The van der Waals surface area contributed by atoms with E-state index in [4.69, 9.17) is 9.15 Å². The van der Waals surface area contributed by atoms with E-state index in [-0.39, 0.29) is 17.5 Å². The SMILES string of the molecule is COc1ccc(F)cc1C(=O)N[C@H]1CC[C@@H](Cc2nnc(C)o2)C1. The average molecular weight is 333 g/mol. The second-order valence-corrected chi connectivity index (χ2v) is 6.11. The van der Waals surface area contributed by atoms with Gasteiger partial charge in [0.15, 0.2) is 0 Å². The highest BCUT2D eigenvalue weighted by molar-refractivity contribution is 5.97. The Labute approximate surface area is 139 Å². The van der Waals surface area contributed by atoms with E-state index in [1.165, 1.54) is 25.3 Å². The summed E-state index contributed by atoms with van der Waals surface area (Å²) in [6.07, 6.45) is 3.41. The lowest BCUT2D eigenvalue weighted by atomic mass is 10.0. The van der Waals surface area contributed by atoms with Crippen LogP contribution in [0.4, 0.5) is 4.39 Å². The molecule has 1 N–H and O–H groups in total. The van der Waals surface area contributed by atoms with Gasteiger partial charge in [-0.3, -0.25) is 4.79 Å². The second-order valence-electron chi connectivity index (χ2n) is 6.11. The van der Waals surface area contributed by atoms with Crippen molar-refractivity contribution in [2.24, 2.45) is 5.92 Å². The van der Waals surface area contributed by atoms with Gasteiger partial charge in [0, 0.05) is 19.4 Å². The first-order valence-electron chi connectivity index (χ1n) is 7.98. The van der Waals surface area contributed by atoms with Gasteiger partial charge in [0.2, 0.25) is 11.8 Å². The van der Waals surface area contributed by atoms with E-state index < -0.39 is 5.82 Å². The van der Waals surface area contributed by atoms with Crippen molar-refractivity contribution in [1.82, 2.24) is 15.5 Å². The molecule has 1 aliphatic rings. The van der Waals surface area contributed by atoms with Crippen molar-refractivity contribution in [2.45, 2.75) is 38.6 Å². The molecule has 24 heavy (non-hydrogen) atoms. The Balaban J connectivity index is 1.59. The summed E-state index contributed by atoms with van der Waals surface area (Å²) in [7, 11) is 1.46. The summed E-state index contributed by atoms with van der Waals surface area (Å²) in [5, 5.41) is 10.8. The van der Waals surface area contributed by atoms with E-state index in [9.17, 15) is 9.18 Å². The predicted molar refractivity (Wildman–Crippen MR) is 84.3 cm³/mol. The Morgan fingerprint density at radius 3 is 2.96 bits per heavy atom. The van der Waals surface area contributed by atoms with Crippen LogP contribution in [0, 0.1) is 18.7 Å². The quantitative estimate of drug-likeness (QED) is 0.910. The first-order chi connectivity index (χ1) is 11.5. The molecule has 2 atom stereocenters. The number of methoxy groups -OCH3 is 1. The number of ether oxygens (including phenoxy) is 1. The molecule has 1 aromatic carbocycles. The van der Waals surface area contributed by atoms with Gasteiger partial charge < -0.3 is 14.5 Å². The summed E-state index contributed by atoms with van der Waals surface area (Å²) in [6, 6.07) is 3.98. The van der Waals surface area contributed by atoms with Crippen LogP contribution in [0.1, 0.15) is 41.4 Å². The molecule has 6 nitrogen and oxygen atoms in total. The van der Waals surface area contributed by atoms with Crippen molar-refractivity contribution in [1.29, 1.82) is 0 Å². The molecular weight excluding hydrogens is 313 g/mol. The average Bonchev–Trinajstić information content (AvgIpc) is 3.16. The number of amides is 1. The largest absolute Gasteiger partial charge is 0.496 e. The molecular formula is C17H20FN3O3. The highest BCUT2D eigenvalue weighted by Gasteiger charge is 2.28. The van der Waals surface area contributed by atoms with E-state index in [1.807, 2.05) is 0 Å². The number of aromatic nitrogens is 2. The third-order valence-electron chi connectivity index (χ3n) is 4.31. The zero-order valence-corrected chi connectivity index (χ0v) is 13.7. The molecule has 1 heterocycles. The number of aryl methyl sites for hydroxylation is 1. The van der Waals surface area contributed by atoms with Crippen molar-refractivity contribution in [3.8, 4) is 5.75 Å². The zero-order valence-electron chi connectivity index (χ0n) is 13.7. The fourth-order valence-corrected chi connectivity index (χ4v) is 3.18. The van der Waals surface area contributed by atoms with Crippen LogP contribution in [0.25, 0.3) is 0 Å². The second kappa shape index (κ2) is 6.98. The van der Waals surface area contributed by atoms with Gasteiger partial charge in [0.25, 0.3) is 5.91 Å². The summed E-state index contributed by atoms with van der Waals surface area (Å²) >= 11 is 0. The number of hydrogen-bond acceptors (Lipinski definition) is 5. The van der Waals surface area contributed by atoms with Crippen LogP contribution in [0.3, 0.4) is 0 Å². The van der Waals surface area contributed by atoms with Crippen molar-refractivity contribution in [3.05, 3.63) is 41.4 Å². The molecule has 1 aromatic heterocycles. The van der Waals surface area contributed by atoms with E-state index in [0.29, 0.717) is 23.4 Å². The minimum absolute atomic E-state index is 0.0551. The van der Waals surface area contributed by atoms with E-state index in [2.05, 4.69) is 15.5 Å². The summed E-state index contributed by atoms with van der Waals surface area (Å²) in [5.74, 6) is 1.18. The number of hydrogen-bond donors (Lipinski definition) is 1. The van der Waals surface area contributed by atoms with E-state index >= 15 is 0 Å². The summed E-state index contributed by atoms with van der Waals surface area (Å²) in [5.41, 5.74) is 0.216. The van der Waals surface area contributed by atoms with E-state index in [0.717, 1.165) is 25.7 Å². The van der Waals surface area contributed by atoms with Gasteiger partial charge >= 0.3 is 0 Å². The monoisotopic (exact) mass is 333 g/mol. The molecule has 1 fully saturated rings. The van der Waals surface area contributed by atoms with Crippen molar-refractivity contribution in [2.75, 3.05) is 7.11 Å². The fourth-order valence-electron chi connectivity index (χ4n) is 3.18. The van der Waals surface area contributed by atoms with Gasteiger partial charge in [-0.25, -0.2) is 4.39 Å². The molecule has 0 bridgehead atoms. The summed E-state index contributed by atoms with van der Waals surface area (Å²) in [4.78, 5) is 12.4. The van der Waals surface area contributed by atoms with E-state index in [1.54, 1.807) is 6.92 Å². The zero-order chi connectivity index (χ0) is 17.1. The van der Waals surface area contributed by atoms with Crippen molar-refractivity contribution < 1.29 is 18.3 Å². The number of rotatable bonds is 5. The first-order valence-corrected chi connectivity index (χ1v) is 7.98. The van der Waals surface area contributed by atoms with Crippen LogP contribution in [0.5, 0.6) is 5.75 Å². The first kappa shape index (κ1) is 16.4. The lowest BCUT2D eigenvalue weighted by molar-refractivity contribution is 0.0933. The van der Waals surface area contributed by atoms with Crippen LogP contribution in [0.15, 0.2) is 22.6 Å². The van der Waals surface area contributed by atoms with Crippen molar-refractivity contribution >= 4 is 5.91 Å². The number of benzene rings is 1. The maximum Gasteiger partial charge on any atom is 0.255 e. The van der Waals surface area contributed by atoms with Gasteiger partial charge in [-0.05, 0) is 43.4 Å². The Morgan fingerprint density at radius 1 is 1.42 bits per heavy atom. The van der Waals surface area contributed by atoms with Gasteiger partial charge in [-0.1, -0.05) is 0 Å². The molecule has 1 saturated carbocycles. The standard InChI is InChI=1S/C17H20FN3O3/c1-10-20-21-16(24-10)8-11-3-5-13(7-11)19-17(22)14-9-12(18)4-6-15(14)23-2/h4,6,9,11,13H,3,5,7-8H2,1-2H3,(H,19,22)/t11-,13+/m1/s1. The normalized spacial score (nSPS) is 20.1. The number of halogens is 1. The lowest BCUT2D eigenvalue weighted by Crippen LogP contribution is -2.33. The van der Waals surface area contributed by atoms with Gasteiger partial charge in [-0.15, -0.1) is 10.2 Å². The van der Waals surface area contributed by atoms with Crippen LogP contribution in [-0.2, 0) is 6.42 Å². The minimum Gasteiger partial charge on any atom is -0.496 e. The molecule has 0 unspecified atom stereocenters. The molecule has 128 valence electrons. The number of carbonyl (C=O) groups is 1. The molecule has 3 rings (SSSR count). The molecule has 0 saturated heterocycles. The molecule has 7 heteroatoms. The molecule has 1 amide bonds. The van der Waals surface area contributed by atoms with Crippen LogP contribution in [-0.4, -0.2) is 29.3 Å². The predicted octanol–water partition coefficient (Wildman–Crippen LogP) is 2.67. The smallest absolute Gasteiger partial charge is 0.255 e. The third-order valence-corrected chi connectivity index (χ3v) is 4.31.